The smallest absolute Gasteiger partial charge is 0.0346 e. The molecule has 0 radical (unpaired) electrons. The van der Waals surface area contributed by atoms with Crippen molar-refractivity contribution in [1.82, 2.24) is 15.2 Å². The first kappa shape index (κ1) is 12.6. The number of rotatable bonds is 2. The summed E-state index contributed by atoms with van der Waals surface area (Å²) in [5.74, 6) is 0. The first-order chi connectivity index (χ1) is 9.33. The molecule has 1 fully saturated rings. The standard InChI is InChI=1S/C16H21N3/c1-13-4-6-17-8-9-19(13)12-14-2-3-16-11-18-7-5-15(16)10-14/h2-3,5,7,10-11,13,17H,4,6,8-9,12H2,1H3/t13-/m1/s1. The van der Waals surface area contributed by atoms with Crippen LogP contribution in [-0.2, 0) is 6.54 Å². The van der Waals surface area contributed by atoms with E-state index < -0.39 is 0 Å². The third-order valence-electron chi connectivity index (χ3n) is 4.03. The van der Waals surface area contributed by atoms with Crippen LogP contribution in [0.4, 0.5) is 0 Å². The first-order valence-corrected chi connectivity index (χ1v) is 7.10. The fourth-order valence-corrected chi connectivity index (χ4v) is 2.76. The Morgan fingerprint density at radius 2 is 2.21 bits per heavy atom. The summed E-state index contributed by atoms with van der Waals surface area (Å²) in [4.78, 5) is 6.74. The molecule has 1 N–H and O–H groups in total. The van der Waals surface area contributed by atoms with Crippen LogP contribution < -0.4 is 5.32 Å². The Morgan fingerprint density at radius 3 is 3.16 bits per heavy atom. The molecule has 1 aliphatic heterocycles. The van der Waals surface area contributed by atoms with Crippen molar-refractivity contribution < 1.29 is 0 Å². The molecule has 1 saturated heterocycles. The zero-order valence-corrected chi connectivity index (χ0v) is 11.5. The van der Waals surface area contributed by atoms with Crippen LogP contribution in [0.1, 0.15) is 18.9 Å². The predicted octanol–water partition coefficient (Wildman–Crippen LogP) is 2.42. The third kappa shape index (κ3) is 2.94. The number of fused-ring (bicyclic) bond motifs is 1. The highest BCUT2D eigenvalue weighted by atomic mass is 15.2. The van der Waals surface area contributed by atoms with Crippen molar-refractivity contribution in [3.05, 3.63) is 42.2 Å². The van der Waals surface area contributed by atoms with Crippen LogP contribution in [0.5, 0.6) is 0 Å². The Kier molecular flexibility index (Phi) is 3.76. The minimum absolute atomic E-state index is 0.656. The lowest BCUT2D eigenvalue weighted by Crippen LogP contribution is -2.33. The van der Waals surface area contributed by atoms with E-state index in [1.165, 1.54) is 22.8 Å². The van der Waals surface area contributed by atoms with E-state index in [1.807, 2.05) is 12.4 Å². The number of hydrogen-bond donors (Lipinski definition) is 1. The molecular formula is C16H21N3. The molecule has 0 bridgehead atoms. The number of nitrogens with zero attached hydrogens (tertiary/aromatic N) is 2. The van der Waals surface area contributed by atoms with Crippen LogP contribution in [0.25, 0.3) is 10.8 Å². The molecule has 3 rings (SSSR count). The molecular weight excluding hydrogens is 234 g/mol. The molecule has 1 atom stereocenters. The minimum atomic E-state index is 0.656. The molecule has 0 amide bonds. The number of pyridine rings is 1. The van der Waals surface area contributed by atoms with Crippen molar-refractivity contribution >= 4 is 10.8 Å². The fraction of sp³-hybridized carbons (Fsp3) is 0.438. The summed E-state index contributed by atoms with van der Waals surface area (Å²) in [6.45, 7) is 6.75. The van der Waals surface area contributed by atoms with Crippen molar-refractivity contribution in [2.24, 2.45) is 0 Å². The average molecular weight is 255 g/mol. The largest absolute Gasteiger partial charge is 0.315 e. The summed E-state index contributed by atoms with van der Waals surface area (Å²) in [5, 5.41) is 5.98. The van der Waals surface area contributed by atoms with Crippen molar-refractivity contribution in [3.8, 4) is 0 Å². The highest BCUT2D eigenvalue weighted by Gasteiger charge is 2.16. The zero-order chi connectivity index (χ0) is 13.1. The number of hydrogen-bond acceptors (Lipinski definition) is 3. The summed E-state index contributed by atoms with van der Waals surface area (Å²) >= 11 is 0. The first-order valence-electron chi connectivity index (χ1n) is 7.10. The lowest BCUT2D eigenvalue weighted by molar-refractivity contribution is 0.211. The predicted molar refractivity (Wildman–Crippen MR) is 79.1 cm³/mol. The Bertz CT molecular complexity index is 552. The van der Waals surface area contributed by atoms with Gasteiger partial charge in [-0.25, -0.2) is 0 Å². The van der Waals surface area contributed by atoms with Crippen LogP contribution in [0.2, 0.25) is 0 Å². The number of aromatic nitrogens is 1. The second-order valence-electron chi connectivity index (χ2n) is 5.42. The van der Waals surface area contributed by atoms with Crippen molar-refractivity contribution in [2.75, 3.05) is 19.6 Å². The minimum Gasteiger partial charge on any atom is -0.315 e. The summed E-state index contributed by atoms with van der Waals surface area (Å²) in [6.07, 6.45) is 5.03. The van der Waals surface area contributed by atoms with E-state index in [0.29, 0.717) is 6.04 Å². The maximum atomic E-state index is 4.16. The summed E-state index contributed by atoms with van der Waals surface area (Å²) < 4.78 is 0. The van der Waals surface area contributed by atoms with Crippen molar-refractivity contribution in [2.45, 2.75) is 25.9 Å². The zero-order valence-electron chi connectivity index (χ0n) is 11.5. The molecule has 100 valence electrons. The Morgan fingerprint density at radius 1 is 1.26 bits per heavy atom. The molecule has 3 nitrogen and oxygen atoms in total. The molecule has 0 spiro atoms. The van der Waals surface area contributed by atoms with Crippen LogP contribution in [-0.4, -0.2) is 35.6 Å². The highest BCUT2D eigenvalue weighted by Crippen LogP contribution is 2.17. The quantitative estimate of drug-likeness (QED) is 0.893. The van der Waals surface area contributed by atoms with Crippen LogP contribution >= 0.6 is 0 Å². The number of benzene rings is 1. The van der Waals surface area contributed by atoms with Gasteiger partial charge in [-0.05, 0) is 43.0 Å². The Hall–Kier alpha value is -1.45. The molecule has 1 aromatic heterocycles. The van der Waals surface area contributed by atoms with Crippen LogP contribution in [0.15, 0.2) is 36.7 Å². The normalized spacial score (nSPS) is 21.4. The molecule has 0 unspecified atom stereocenters. The molecule has 0 aliphatic carbocycles. The van der Waals surface area contributed by atoms with E-state index >= 15 is 0 Å². The van der Waals surface area contributed by atoms with Gasteiger partial charge in [-0.3, -0.25) is 9.88 Å². The maximum absolute atomic E-state index is 4.16. The van der Waals surface area contributed by atoms with Crippen molar-refractivity contribution in [1.29, 1.82) is 0 Å². The Balaban J connectivity index is 1.80. The molecule has 1 aliphatic rings. The van der Waals surface area contributed by atoms with Gasteiger partial charge in [-0.2, -0.15) is 0 Å². The van der Waals surface area contributed by atoms with Crippen LogP contribution in [0.3, 0.4) is 0 Å². The number of nitrogens with one attached hydrogen (secondary N) is 1. The molecule has 1 aromatic carbocycles. The third-order valence-corrected chi connectivity index (χ3v) is 4.03. The lowest BCUT2D eigenvalue weighted by atomic mass is 10.1. The Labute approximate surface area is 114 Å². The maximum Gasteiger partial charge on any atom is 0.0346 e. The fourth-order valence-electron chi connectivity index (χ4n) is 2.76. The van der Waals surface area contributed by atoms with Gasteiger partial charge in [0.1, 0.15) is 0 Å². The second-order valence-corrected chi connectivity index (χ2v) is 5.42. The molecule has 3 heteroatoms. The summed E-state index contributed by atoms with van der Waals surface area (Å²) in [5.41, 5.74) is 1.40. The van der Waals surface area contributed by atoms with Gasteiger partial charge in [0.2, 0.25) is 0 Å². The topological polar surface area (TPSA) is 28.2 Å². The van der Waals surface area contributed by atoms with Crippen molar-refractivity contribution in [3.63, 3.8) is 0 Å². The van der Waals surface area contributed by atoms with Gasteiger partial charge in [0.15, 0.2) is 0 Å². The SMILES string of the molecule is C[C@@H]1CCNCCN1Cc1ccc2cnccc2c1. The molecule has 2 heterocycles. The van der Waals surface area contributed by atoms with Gasteiger partial charge in [0.25, 0.3) is 0 Å². The van der Waals surface area contributed by atoms with E-state index in [-0.39, 0.29) is 0 Å². The summed E-state index contributed by atoms with van der Waals surface area (Å²) in [6, 6.07) is 9.45. The highest BCUT2D eigenvalue weighted by molar-refractivity contribution is 5.81. The van der Waals surface area contributed by atoms with Gasteiger partial charge in [-0.15, -0.1) is 0 Å². The van der Waals surface area contributed by atoms with E-state index in [1.54, 1.807) is 0 Å². The van der Waals surface area contributed by atoms with Gasteiger partial charge in [-0.1, -0.05) is 12.1 Å². The van der Waals surface area contributed by atoms with E-state index in [0.717, 1.165) is 26.2 Å². The molecule has 0 saturated carbocycles. The summed E-state index contributed by atoms with van der Waals surface area (Å²) in [7, 11) is 0. The average Bonchev–Trinajstić information content (AvgIpc) is 2.64. The van der Waals surface area contributed by atoms with E-state index in [2.05, 4.69) is 46.4 Å². The van der Waals surface area contributed by atoms with Gasteiger partial charge >= 0.3 is 0 Å². The van der Waals surface area contributed by atoms with Gasteiger partial charge < -0.3 is 5.32 Å². The van der Waals surface area contributed by atoms with E-state index in [9.17, 15) is 0 Å². The second kappa shape index (κ2) is 5.68. The van der Waals surface area contributed by atoms with Crippen LogP contribution in [0, 0.1) is 0 Å². The molecule has 2 aromatic rings. The van der Waals surface area contributed by atoms with Gasteiger partial charge in [0, 0.05) is 43.5 Å². The monoisotopic (exact) mass is 255 g/mol. The van der Waals surface area contributed by atoms with E-state index in [4.69, 9.17) is 0 Å². The lowest BCUT2D eigenvalue weighted by Gasteiger charge is -2.26. The molecule has 19 heavy (non-hydrogen) atoms. The van der Waals surface area contributed by atoms with Gasteiger partial charge in [0.05, 0.1) is 0 Å².